The lowest BCUT2D eigenvalue weighted by atomic mass is 9.99. The topological polar surface area (TPSA) is 78.4 Å². The summed E-state index contributed by atoms with van der Waals surface area (Å²) in [7, 11) is 0. The second kappa shape index (κ2) is 6.33. The van der Waals surface area contributed by atoms with Gasteiger partial charge in [-0.15, -0.1) is 0 Å². The van der Waals surface area contributed by atoms with Gasteiger partial charge in [-0.25, -0.2) is 4.79 Å². The average molecular weight is 262 g/mol. The van der Waals surface area contributed by atoms with Gasteiger partial charge >= 0.3 is 5.97 Å². The molecular weight excluding hydrogens is 244 g/mol. The lowest BCUT2D eigenvalue weighted by molar-refractivity contribution is -0.125. The first-order chi connectivity index (χ1) is 9.16. The molecule has 1 heterocycles. The van der Waals surface area contributed by atoms with E-state index in [1.165, 1.54) is 0 Å². The third kappa shape index (κ3) is 3.79. The van der Waals surface area contributed by atoms with Crippen LogP contribution in [0.5, 0.6) is 0 Å². The number of carbonyl (C=O) groups is 2. The first kappa shape index (κ1) is 13.5. The van der Waals surface area contributed by atoms with Crippen LogP contribution >= 0.6 is 0 Å². The summed E-state index contributed by atoms with van der Waals surface area (Å²) >= 11 is 0. The van der Waals surface area contributed by atoms with Crippen LogP contribution in [-0.4, -0.2) is 30.1 Å². The van der Waals surface area contributed by atoms with E-state index in [0.717, 1.165) is 31.5 Å². The molecule has 1 aromatic rings. The summed E-state index contributed by atoms with van der Waals surface area (Å²) in [5, 5.41) is 15.0. The van der Waals surface area contributed by atoms with Gasteiger partial charge in [0.05, 0.1) is 11.5 Å². The number of benzene rings is 1. The molecule has 1 atom stereocenters. The number of rotatable bonds is 4. The molecule has 0 bridgehead atoms. The van der Waals surface area contributed by atoms with Gasteiger partial charge in [-0.1, -0.05) is 12.1 Å². The molecule has 0 spiro atoms. The Labute approximate surface area is 112 Å². The van der Waals surface area contributed by atoms with E-state index >= 15 is 0 Å². The van der Waals surface area contributed by atoms with Gasteiger partial charge in [0, 0.05) is 13.1 Å². The fourth-order valence-electron chi connectivity index (χ4n) is 2.22. The largest absolute Gasteiger partial charge is 0.478 e. The quantitative estimate of drug-likeness (QED) is 0.756. The highest BCUT2D eigenvalue weighted by Gasteiger charge is 2.20. The zero-order valence-corrected chi connectivity index (χ0v) is 10.7. The van der Waals surface area contributed by atoms with Crippen molar-refractivity contribution >= 4 is 11.9 Å². The van der Waals surface area contributed by atoms with E-state index in [2.05, 4.69) is 10.6 Å². The van der Waals surface area contributed by atoms with Crippen molar-refractivity contribution in [2.45, 2.75) is 19.4 Å². The molecule has 1 unspecified atom stereocenters. The predicted molar refractivity (Wildman–Crippen MR) is 70.8 cm³/mol. The molecule has 0 aromatic heterocycles. The summed E-state index contributed by atoms with van der Waals surface area (Å²) in [6, 6.07) is 6.62. The molecule has 5 nitrogen and oxygen atoms in total. The number of amides is 1. The molecule has 1 aromatic carbocycles. The van der Waals surface area contributed by atoms with Crippen LogP contribution in [0.2, 0.25) is 0 Å². The highest BCUT2D eigenvalue weighted by atomic mass is 16.4. The second-order valence-electron chi connectivity index (χ2n) is 4.77. The number of piperidine rings is 1. The molecule has 5 heteroatoms. The van der Waals surface area contributed by atoms with Crippen LogP contribution in [0.1, 0.15) is 28.8 Å². The Kier molecular flexibility index (Phi) is 4.52. The summed E-state index contributed by atoms with van der Waals surface area (Å²) in [6.07, 6.45) is 1.93. The van der Waals surface area contributed by atoms with Crippen LogP contribution in [0.3, 0.4) is 0 Å². The third-order valence-electron chi connectivity index (χ3n) is 3.31. The Bertz CT molecular complexity index is 468. The number of hydrogen-bond acceptors (Lipinski definition) is 3. The van der Waals surface area contributed by atoms with Crippen LogP contribution in [-0.2, 0) is 11.3 Å². The summed E-state index contributed by atoms with van der Waals surface area (Å²) < 4.78 is 0. The van der Waals surface area contributed by atoms with Crippen molar-refractivity contribution in [2.75, 3.05) is 13.1 Å². The SMILES string of the molecule is O=C(O)c1cccc(CNC(=O)C2CCCNC2)c1. The number of carboxylic acids is 1. The maximum atomic E-state index is 11.9. The molecule has 1 amide bonds. The monoisotopic (exact) mass is 262 g/mol. The third-order valence-corrected chi connectivity index (χ3v) is 3.31. The summed E-state index contributed by atoms with van der Waals surface area (Å²) in [5.74, 6) is -0.894. The molecule has 3 N–H and O–H groups in total. The molecule has 1 saturated heterocycles. The minimum atomic E-state index is -0.954. The van der Waals surface area contributed by atoms with Crippen molar-refractivity contribution in [3.05, 3.63) is 35.4 Å². The smallest absolute Gasteiger partial charge is 0.335 e. The van der Waals surface area contributed by atoms with Crippen molar-refractivity contribution < 1.29 is 14.7 Å². The molecule has 102 valence electrons. The van der Waals surface area contributed by atoms with Crippen molar-refractivity contribution in [1.82, 2.24) is 10.6 Å². The van der Waals surface area contributed by atoms with E-state index in [4.69, 9.17) is 5.11 Å². The molecule has 0 radical (unpaired) electrons. The maximum Gasteiger partial charge on any atom is 0.335 e. The zero-order valence-electron chi connectivity index (χ0n) is 10.7. The summed E-state index contributed by atoms with van der Waals surface area (Å²) in [4.78, 5) is 22.8. The van der Waals surface area contributed by atoms with Crippen LogP contribution in [0.15, 0.2) is 24.3 Å². The van der Waals surface area contributed by atoms with Crippen LogP contribution in [0, 0.1) is 5.92 Å². The first-order valence-electron chi connectivity index (χ1n) is 6.47. The van der Waals surface area contributed by atoms with Crippen LogP contribution in [0.25, 0.3) is 0 Å². The lowest BCUT2D eigenvalue weighted by Crippen LogP contribution is -2.40. The Balaban J connectivity index is 1.89. The second-order valence-corrected chi connectivity index (χ2v) is 4.77. The molecule has 19 heavy (non-hydrogen) atoms. The van der Waals surface area contributed by atoms with Crippen LogP contribution in [0.4, 0.5) is 0 Å². The Morgan fingerprint density at radius 2 is 2.26 bits per heavy atom. The Morgan fingerprint density at radius 3 is 2.95 bits per heavy atom. The fourth-order valence-corrected chi connectivity index (χ4v) is 2.22. The molecule has 0 saturated carbocycles. The van der Waals surface area contributed by atoms with E-state index in [1.54, 1.807) is 18.2 Å². The predicted octanol–water partition coefficient (Wildman–Crippen LogP) is 1.00. The van der Waals surface area contributed by atoms with Crippen molar-refractivity contribution in [3.8, 4) is 0 Å². The molecule has 1 fully saturated rings. The minimum Gasteiger partial charge on any atom is -0.478 e. The van der Waals surface area contributed by atoms with E-state index in [1.807, 2.05) is 6.07 Å². The maximum absolute atomic E-state index is 11.9. The summed E-state index contributed by atoms with van der Waals surface area (Å²) in [6.45, 7) is 2.07. The van der Waals surface area contributed by atoms with Crippen molar-refractivity contribution in [2.24, 2.45) is 5.92 Å². The minimum absolute atomic E-state index is 0.0245. The first-order valence-corrected chi connectivity index (χ1v) is 6.47. The van der Waals surface area contributed by atoms with E-state index < -0.39 is 5.97 Å². The number of nitrogens with one attached hydrogen (secondary N) is 2. The molecule has 2 rings (SSSR count). The van der Waals surface area contributed by atoms with Gasteiger partial charge in [-0.05, 0) is 37.1 Å². The lowest BCUT2D eigenvalue weighted by Gasteiger charge is -2.21. The van der Waals surface area contributed by atoms with Gasteiger partial charge in [-0.3, -0.25) is 4.79 Å². The molecule has 1 aliphatic rings. The Hall–Kier alpha value is -1.88. The number of carboxylic acid groups (broad SMARTS) is 1. The van der Waals surface area contributed by atoms with E-state index in [9.17, 15) is 9.59 Å². The Morgan fingerprint density at radius 1 is 1.42 bits per heavy atom. The number of aromatic carboxylic acids is 1. The van der Waals surface area contributed by atoms with Crippen molar-refractivity contribution in [1.29, 1.82) is 0 Å². The average Bonchev–Trinajstić information content (AvgIpc) is 2.46. The van der Waals surface area contributed by atoms with E-state index in [0.29, 0.717) is 6.54 Å². The highest BCUT2D eigenvalue weighted by molar-refractivity contribution is 5.87. The standard InChI is InChI=1S/C14H18N2O3/c17-13(12-5-2-6-15-9-12)16-8-10-3-1-4-11(7-10)14(18)19/h1,3-4,7,12,15H,2,5-6,8-9H2,(H,16,17)(H,18,19). The van der Waals surface area contributed by atoms with Gasteiger partial charge in [0.25, 0.3) is 0 Å². The van der Waals surface area contributed by atoms with E-state index in [-0.39, 0.29) is 17.4 Å². The molecule has 0 aliphatic carbocycles. The van der Waals surface area contributed by atoms with Gasteiger partial charge in [0.15, 0.2) is 0 Å². The van der Waals surface area contributed by atoms with Crippen molar-refractivity contribution in [3.63, 3.8) is 0 Å². The summed E-state index contributed by atoms with van der Waals surface area (Å²) in [5.41, 5.74) is 1.04. The van der Waals surface area contributed by atoms with Gasteiger partial charge < -0.3 is 15.7 Å². The fraction of sp³-hybridized carbons (Fsp3) is 0.429. The zero-order chi connectivity index (χ0) is 13.7. The normalized spacial score (nSPS) is 18.8. The van der Waals surface area contributed by atoms with Gasteiger partial charge in [0.1, 0.15) is 0 Å². The van der Waals surface area contributed by atoms with Crippen LogP contribution < -0.4 is 10.6 Å². The highest BCUT2D eigenvalue weighted by Crippen LogP contribution is 2.10. The van der Waals surface area contributed by atoms with Gasteiger partial charge in [-0.2, -0.15) is 0 Å². The number of carbonyl (C=O) groups excluding carboxylic acids is 1. The molecular formula is C14H18N2O3. The molecule has 1 aliphatic heterocycles. The number of hydrogen-bond donors (Lipinski definition) is 3. The van der Waals surface area contributed by atoms with Gasteiger partial charge in [0.2, 0.25) is 5.91 Å².